The van der Waals surface area contributed by atoms with Gasteiger partial charge in [0.2, 0.25) is 0 Å². The standard InChI is InChI=1S/C15H20N4O2/c1-3-21-14(20)15(7-5-4-6-8-15)13-18-17-12-9-11(2)16-10-19(12)13/h9-10H,3-8H2,1-2H3. The third kappa shape index (κ3) is 2.28. The van der Waals surface area contributed by atoms with Crippen molar-refractivity contribution < 1.29 is 9.53 Å². The predicted molar refractivity (Wildman–Crippen MR) is 76.9 cm³/mol. The van der Waals surface area contributed by atoms with E-state index < -0.39 is 5.41 Å². The smallest absolute Gasteiger partial charge is 0.319 e. The minimum absolute atomic E-state index is 0.181. The van der Waals surface area contributed by atoms with Crippen molar-refractivity contribution in [3.8, 4) is 0 Å². The SMILES string of the molecule is CCOC(=O)C1(c2nnc3cc(C)ncn23)CCCCC1. The molecule has 0 aromatic carbocycles. The topological polar surface area (TPSA) is 69.4 Å². The maximum absolute atomic E-state index is 12.6. The molecule has 21 heavy (non-hydrogen) atoms. The zero-order valence-corrected chi connectivity index (χ0v) is 12.5. The Kier molecular flexibility index (Phi) is 3.61. The number of carbonyl (C=O) groups excluding carboxylic acids is 1. The molecule has 2 aromatic rings. The summed E-state index contributed by atoms with van der Waals surface area (Å²) in [6.45, 7) is 4.13. The maximum Gasteiger partial charge on any atom is 0.319 e. The van der Waals surface area contributed by atoms with Crippen molar-refractivity contribution in [2.24, 2.45) is 0 Å². The first-order valence-corrected chi connectivity index (χ1v) is 7.52. The summed E-state index contributed by atoms with van der Waals surface area (Å²) in [5.74, 6) is 0.489. The summed E-state index contributed by atoms with van der Waals surface area (Å²) in [6, 6.07) is 1.87. The van der Waals surface area contributed by atoms with Crippen LogP contribution in [0.15, 0.2) is 12.4 Å². The third-order valence-corrected chi connectivity index (χ3v) is 4.24. The van der Waals surface area contributed by atoms with Gasteiger partial charge in [0.25, 0.3) is 0 Å². The molecule has 1 aliphatic carbocycles. The summed E-state index contributed by atoms with van der Waals surface area (Å²) >= 11 is 0. The lowest BCUT2D eigenvalue weighted by molar-refractivity contribution is -0.152. The number of aryl methyl sites for hydroxylation is 1. The van der Waals surface area contributed by atoms with Gasteiger partial charge in [0.05, 0.1) is 6.61 Å². The van der Waals surface area contributed by atoms with Gasteiger partial charge < -0.3 is 4.74 Å². The fraction of sp³-hybridized carbons (Fsp3) is 0.600. The van der Waals surface area contributed by atoms with Crippen LogP contribution in [0.5, 0.6) is 0 Å². The van der Waals surface area contributed by atoms with Crippen LogP contribution in [0.25, 0.3) is 5.65 Å². The molecule has 0 bridgehead atoms. The van der Waals surface area contributed by atoms with Crippen LogP contribution in [0.3, 0.4) is 0 Å². The van der Waals surface area contributed by atoms with Gasteiger partial charge in [-0.3, -0.25) is 9.20 Å². The highest BCUT2D eigenvalue weighted by Crippen LogP contribution is 2.39. The third-order valence-electron chi connectivity index (χ3n) is 4.24. The van der Waals surface area contributed by atoms with Crippen LogP contribution in [-0.2, 0) is 14.9 Å². The first-order valence-electron chi connectivity index (χ1n) is 7.52. The lowest BCUT2D eigenvalue weighted by Gasteiger charge is -2.33. The highest BCUT2D eigenvalue weighted by molar-refractivity contribution is 5.82. The largest absolute Gasteiger partial charge is 0.465 e. The van der Waals surface area contributed by atoms with Crippen LogP contribution in [-0.4, -0.2) is 32.2 Å². The molecule has 2 aromatic heterocycles. The van der Waals surface area contributed by atoms with E-state index in [4.69, 9.17) is 4.74 Å². The fourth-order valence-corrected chi connectivity index (χ4v) is 3.16. The second-order valence-electron chi connectivity index (χ2n) is 5.65. The fourth-order valence-electron chi connectivity index (χ4n) is 3.16. The molecule has 0 saturated heterocycles. The van der Waals surface area contributed by atoms with Gasteiger partial charge in [-0.1, -0.05) is 19.3 Å². The number of aromatic nitrogens is 4. The number of ether oxygens (including phenoxy) is 1. The van der Waals surface area contributed by atoms with E-state index in [1.54, 1.807) is 6.33 Å². The van der Waals surface area contributed by atoms with Gasteiger partial charge in [-0.2, -0.15) is 0 Å². The molecular weight excluding hydrogens is 268 g/mol. The highest BCUT2D eigenvalue weighted by atomic mass is 16.5. The molecule has 0 radical (unpaired) electrons. The van der Waals surface area contributed by atoms with E-state index in [0.717, 1.165) is 43.4 Å². The first kappa shape index (κ1) is 14.0. The molecule has 1 saturated carbocycles. The molecular formula is C15H20N4O2. The molecule has 0 aliphatic heterocycles. The van der Waals surface area contributed by atoms with Crippen molar-refractivity contribution in [1.82, 2.24) is 19.6 Å². The van der Waals surface area contributed by atoms with Crippen LogP contribution in [0, 0.1) is 6.92 Å². The number of esters is 1. The number of carbonyl (C=O) groups is 1. The van der Waals surface area contributed by atoms with Crippen LogP contribution >= 0.6 is 0 Å². The van der Waals surface area contributed by atoms with Gasteiger partial charge in [-0.15, -0.1) is 10.2 Å². The summed E-state index contributed by atoms with van der Waals surface area (Å²) < 4.78 is 7.17. The lowest BCUT2D eigenvalue weighted by Crippen LogP contribution is -2.41. The van der Waals surface area contributed by atoms with Crippen molar-refractivity contribution in [3.05, 3.63) is 23.9 Å². The van der Waals surface area contributed by atoms with Gasteiger partial charge in [0.1, 0.15) is 11.7 Å². The molecule has 6 nitrogen and oxygen atoms in total. The van der Waals surface area contributed by atoms with Crippen molar-refractivity contribution in [1.29, 1.82) is 0 Å². The summed E-state index contributed by atoms with van der Waals surface area (Å²) in [6.07, 6.45) is 6.39. The maximum atomic E-state index is 12.6. The van der Waals surface area contributed by atoms with Gasteiger partial charge >= 0.3 is 5.97 Å². The van der Waals surface area contributed by atoms with Crippen LogP contribution in [0.4, 0.5) is 0 Å². The van der Waals surface area contributed by atoms with E-state index in [9.17, 15) is 4.79 Å². The minimum atomic E-state index is -0.676. The Morgan fingerprint density at radius 2 is 2.10 bits per heavy atom. The number of hydrogen-bond donors (Lipinski definition) is 0. The Morgan fingerprint density at radius 3 is 2.81 bits per heavy atom. The van der Waals surface area contributed by atoms with Crippen molar-refractivity contribution in [3.63, 3.8) is 0 Å². The molecule has 0 atom stereocenters. The number of rotatable bonds is 3. The van der Waals surface area contributed by atoms with E-state index in [0.29, 0.717) is 12.4 Å². The highest BCUT2D eigenvalue weighted by Gasteiger charge is 2.46. The summed E-state index contributed by atoms with van der Waals surface area (Å²) in [4.78, 5) is 16.9. The number of hydrogen-bond acceptors (Lipinski definition) is 5. The summed E-state index contributed by atoms with van der Waals surface area (Å²) in [5, 5.41) is 8.52. The van der Waals surface area contributed by atoms with Gasteiger partial charge in [-0.05, 0) is 26.7 Å². The zero-order chi connectivity index (χ0) is 14.9. The lowest BCUT2D eigenvalue weighted by atomic mass is 9.73. The van der Waals surface area contributed by atoms with E-state index >= 15 is 0 Å². The summed E-state index contributed by atoms with van der Waals surface area (Å²) in [5.41, 5.74) is 0.937. The zero-order valence-electron chi connectivity index (χ0n) is 12.5. The van der Waals surface area contributed by atoms with Crippen molar-refractivity contribution >= 4 is 11.6 Å². The summed E-state index contributed by atoms with van der Waals surface area (Å²) in [7, 11) is 0. The Bertz CT molecular complexity index is 659. The van der Waals surface area contributed by atoms with Crippen LogP contribution in [0.2, 0.25) is 0 Å². The molecule has 2 heterocycles. The van der Waals surface area contributed by atoms with E-state index in [1.807, 2.05) is 24.3 Å². The molecule has 0 spiro atoms. The molecule has 1 aliphatic rings. The van der Waals surface area contributed by atoms with Crippen molar-refractivity contribution in [2.75, 3.05) is 6.61 Å². The van der Waals surface area contributed by atoms with Gasteiger partial charge in [0, 0.05) is 11.8 Å². The molecule has 0 N–H and O–H groups in total. The number of nitrogens with zero attached hydrogens (tertiary/aromatic N) is 4. The average Bonchev–Trinajstić information content (AvgIpc) is 2.91. The van der Waals surface area contributed by atoms with Crippen LogP contribution < -0.4 is 0 Å². The van der Waals surface area contributed by atoms with Gasteiger partial charge in [0.15, 0.2) is 11.5 Å². The average molecular weight is 288 g/mol. The second kappa shape index (κ2) is 5.42. The second-order valence-corrected chi connectivity index (χ2v) is 5.65. The minimum Gasteiger partial charge on any atom is -0.465 e. The Morgan fingerprint density at radius 1 is 1.33 bits per heavy atom. The molecule has 1 fully saturated rings. The molecule has 6 heteroatoms. The predicted octanol–water partition coefficient (Wildman–Crippen LogP) is 2.20. The molecule has 3 rings (SSSR count). The van der Waals surface area contributed by atoms with E-state index in [-0.39, 0.29) is 5.97 Å². The van der Waals surface area contributed by atoms with E-state index in [2.05, 4.69) is 15.2 Å². The number of fused-ring (bicyclic) bond motifs is 1. The first-order chi connectivity index (χ1) is 10.2. The monoisotopic (exact) mass is 288 g/mol. The molecule has 0 unspecified atom stereocenters. The Labute approximate surface area is 123 Å². The Hall–Kier alpha value is -1.98. The normalized spacial score (nSPS) is 17.8. The van der Waals surface area contributed by atoms with Crippen molar-refractivity contribution in [2.45, 2.75) is 51.4 Å². The molecule has 0 amide bonds. The molecule has 112 valence electrons. The Balaban J connectivity index is 2.12. The van der Waals surface area contributed by atoms with Gasteiger partial charge in [-0.25, -0.2) is 4.98 Å². The quantitative estimate of drug-likeness (QED) is 0.810. The van der Waals surface area contributed by atoms with Crippen LogP contribution in [0.1, 0.15) is 50.5 Å². The van der Waals surface area contributed by atoms with E-state index in [1.165, 1.54) is 0 Å².